The van der Waals surface area contributed by atoms with Crippen LogP contribution >= 0.6 is 0 Å². The molecular formula is C9H9N5O3. The van der Waals surface area contributed by atoms with Crippen LogP contribution in [-0.4, -0.2) is 37.6 Å². The third-order valence-electron chi connectivity index (χ3n) is 2.23. The van der Waals surface area contributed by atoms with Gasteiger partial charge >= 0.3 is 5.97 Å². The predicted octanol–water partition coefficient (Wildman–Crippen LogP) is -0.537. The van der Waals surface area contributed by atoms with E-state index in [1.165, 1.54) is 13.2 Å². The summed E-state index contributed by atoms with van der Waals surface area (Å²) in [6.07, 6.45) is 1.36. The number of carbonyl (C=O) groups is 1. The van der Waals surface area contributed by atoms with Crippen LogP contribution in [0.3, 0.4) is 0 Å². The highest BCUT2D eigenvalue weighted by Crippen LogP contribution is 2.08. The highest BCUT2D eigenvalue weighted by molar-refractivity contribution is 5.87. The van der Waals surface area contributed by atoms with Crippen LogP contribution in [0.15, 0.2) is 11.0 Å². The standard InChI is InChI=1S/C9H9N5O3/c1-10-9-11-3-4-6(13-9)14(2)7(15)5(12-4)8(16)17/h3H,1-2H3,(H,16,17)(H,10,11,13). The van der Waals surface area contributed by atoms with E-state index in [1.807, 2.05) is 0 Å². The number of nitrogens with zero attached hydrogens (tertiary/aromatic N) is 4. The van der Waals surface area contributed by atoms with Crippen molar-refractivity contribution >= 4 is 23.1 Å². The quantitative estimate of drug-likeness (QED) is 0.719. The normalized spacial score (nSPS) is 10.5. The van der Waals surface area contributed by atoms with Crippen molar-refractivity contribution in [3.63, 3.8) is 0 Å². The molecule has 17 heavy (non-hydrogen) atoms. The summed E-state index contributed by atoms with van der Waals surface area (Å²) in [5.41, 5.74) is -0.714. The fourth-order valence-corrected chi connectivity index (χ4v) is 1.38. The number of aryl methyl sites for hydroxylation is 1. The summed E-state index contributed by atoms with van der Waals surface area (Å²) in [6.45, 7) is 0. The second-order valence-electron chi connectivity index (χ2n) is 3.28. The SMILES string of the molecule is CNc1ncc2nc(C(=O)O)c(=O)n(C)c2n1. The summed E-state index contributed by atoms with van der Waals surface area (Å²) in [4.78, 5) is 34.1. The number of aromatic nitrogens is 4. The van der Waals surface area contributed by atoms with Crippen LogP contribution in [-0.2, 0) is 7.05 Å². The van der Waals surface area contributed by atoms with Crippen LogP contribution < -0.4 is 10.9 Å². The Balaban J connectivity index is 2.86. The lowest BCUT2D eigenvalue weighted by atomic mass is 10.4. The summed E-state index contributed by atoms with van der Waals surface area (Å²) in [5.74, 6) is -1.04. The third kappa shape index (κ3) is 1.69. The Hall–Kier alpha value is -2.51. The first-order chi connectivity index (χ1) is 8.04. The van der Waals surface area contributed by atoms with E-state index in [2.05, 4.69) is 20.3 Å². The number of nitrogens with one attached hydrogen (secondary N) is 1. The van der Waals surface area contributed by atoms with Crippen molar-refractivity contribution in [2.24, 2.45) is 7.05 Å². The Morgan fingerprint density at radius 1 is 1.47 bits per heavy atom. The summed E-state index contributed by atoms with van der Waals surface area (Å²) in [6, 6.07) is 0. The summed E-state index contributed by atoms with van der Waals surface area (Å²) >= 11 is 0. The molecule has 2 rings (SSSR count). The minimum atomic E-state index is -1.37. The van der Waals surface area contributed by atoms with Crippen LogP contribution in [0.4, 0.5) is 5.95 Å². The van der Waals surface area contributed by atoms with E-state index in [0.29, 0.717) is 5.95 Å². The van der Waals surface area contributed by atoms with Crippen molar-refractivity contribution < 1.29 is 9.90 Å². The number of hydrogen-bond donors (Lipinski definition) is 2. The zero-order chi connectivity index (χ0) is 12.6. The molecule has 0 saturated carbocycles. The van der Waals surface area contributed by atoms with Crippen molar-refractivity contribution in [2.75, 3.05) is 12.4 Å². The predicted molar refractivity (Wildman–Crippen MR) is 59.1 cm³/mol. The molecule has 2 aromatic heterocycles. The van der Waals surface area contributed by atoms with Gasteiger partial charge in [-0.15, -0.1) is 0 Å². The van der Waals surface area contributed by atoms with Gasteiger partial charge in [-0.3, -0.25) is 9.36 Å². The van der Waals surface area contributed by atoms with Gasteiger partial charge in [0.15, 0.2) is 5.65 Å². The largest absolute Gasteiger partial charge is 0.476 e. The van der Waals surface area contributed by atoms with Crippen molar-refractivity contribution in [3.05, 3.63) is 22.2 Å². The lowest BCUT2D eigenvalue weighted by molar-refractivity contribution is 0.0688. The summed E-state index contributed by atoms with van der Waals surface area (Å²) < 4.78 is 1.13. The van der Waals surface area contributed by atoms with Gasteiger partial charge in [0, 0.05) is 14.1 Å². The second kappa shape index (κ2) is 3.81. The molecule has 0 radical (unpaired) electrons. The van der Waals surface area contributed by atoms with E-state index in [-0.39, 0.29) is 11.2 Å². The monoisotopic (exact) mass is 235 g/mol. The van der Waals surface area contributed by atoms with Gasteiger partial charge in [-0.2, -0.15) is 4.98 Å². The molecule has 2 aromatic rings. The molecule has 0 atom stereocenters. The van der Waals surface area contributed by atoms with Gasteiger partial charge in [-0.1, -0.05) is 0 Å². The minimum Gasteiger partial charge on any atom is -0.476 e. The molecule has 2 heterocycles. The average Bonchev–Trinajstić information content (AvgIpc) is 2.33. The molecule has 0 saturated heterocycles. The van der Waals surface area contributed by atoms with Crippen molar-refractivity contribution in [1.29, 1.82) is 0 Å². The molecule has 0 fully saturated rings. The lowest BCUT2D eigenvalue weighted by Crippen LogP contribution is -2.27. The van der Waals surface area contributed by atoms with E-state index >= 15 is 0 Å². The molecule has 0 aromatic carbocycles. The number of carboxylic acid groups (broad SMARTS) is 1. The number of carboxylic acids is 1. The van der Waals surface area contributed by atoms with Gasteiger partial charge in [0.05, 0.1) is 6.20 Å². The molecule has 0 amide bonds. The van der Waals surface area contributed by atoms with E-state index in [4.69, 9.17) is 5.11 Å². The van der Waals surface area contributed by atoms with Crippen LogP contribution in [0.1, 0.15) is 10.5 Å². The van der Waals surface area contributed by atoms with Crippen LogP contribution in [0.2, 0.25) is 0 Å². The van der Waals surface area contributed by atoms with Crippen LogP contribution in [0.25, 0.3) is 11.2 Å². The molecule has 0 aliphatic rings. The maximum absolute atomic E-state index is 11.7. The molecule has 2 N–H and O–H groups in total. The summed E-state index contributed by atoms with van der Waals surface area (Å²) in [7, 11) is 3.07. The second-order valence-corrected chi connectivity index (χ2v) is 3.28. The van der Waals surface area contributed by atoms with Gasteiger partial charge in [0.25, 0.3) is 5.56 Å². The van der Waals surface area contributed by atoms with Crippen molar-refractivity contribution in [3.8, 4) is 0 Å². The van der Waals surface area contributed by atoms with Crippen LogP contribution in [0.5, 0.6) is 0 Å². The molecule has 0 spiro atoms. The highest BCUT2D eigenvalue weighted by atomic mass is 16.4. The minimum absolute atomic E-state index is 0.253. The van der Waals surface area contributed by atoms with Crippen LogP contribution in [0, 0.1) is 0 Å². The number of hydrogen-bond acceptors (Lipinski definition) is 6. The first-order valence-corrected chi connectivity index (χ1v) is 4.69. The smallest absolute Gasteiger partial charge is 0.360 e. The summed E-state index contributed by atoms with van der Waals surface area (Å²) in [5, 5.41) is 11.5. The van der Waals surface area contributed by atoms with Gasteiger partial charge in [-0.05, 0) is 0 Å². The Kier molecular flexibility index (Phi) is 2.47. The third-order valence-corrected chi connectivity index (χ3v) is 2.23. The molecule has 0 aliphatic carbocycles. The van der Waals surface area contributed by atoms with E-state index in [0.717, 1.165) is 4.57 Å². The number of anilines is 1. The first kappa shape index (κ1) is 11.0. The molecule has 88 valence electrons. The molecule has 0 unspecified atom stereocenters. The van der Waals surface area contributed by atoms with Gasteiger partial charge < -0.3 is 10.4 Å². The van der Waals surface area contributed by atoms with Gasteiger partial charge in [-0.25, -0.2) is 14.8 Å². The van der Waals surface area contributed by atoms with E-state index in [9.17, 15) is 9.59 Å². The van der Waals surface area contributed by atoms with Gasteiger partial charge in [0.1, 0.15) is 5.52 Å². The molecule has 0 bridgehead atoms. The zero-order valence-electron chi connectivity index (χ0n) is 9.13. The molecular weight excluding hydrogens is 226 g/mol. The topological polar surface area (TPSA) is 110 Å². The van der Waals surface area contributed by atoms with E-state index in [1.54, 1.807) is 7.05 Å². The zero-order valence-corrected chi connectivity index (χ0v) is 9.13. The molecule has 0 aliphatic heterocycles. The Morgan fingerprint density at radius 3 is 2.76 bits per heavy atom. The lowest BCUT2D eigenvalue weighted by Gasteiger charge is -2.05. The maximum atomic E-state index is 11.7. The Morgan fingerprint density at radius 2 is 2.18 bits per heavy atom. The average molecular weight is 235 g/mol. The van der Waals surface area contributed by atoms with Gasteiger partial charge in [0.2, 0.25) is 11.6 Å². The first-order valence-electron chi connectivity index (χ1n) is 4.69. The fraction of sp³-hybridized carbons (Fsp3) is 0.222. The van der Waals surface area contributed by atoms with E-state index < -0.39 is 17.2 Å². The fourth-order valence-electron chi connectivity index (χ4n) is 1.38. The maximum Gasteiger partial charge on any atom is 0.360 e. The number of rotatable bonds is 2. The Labute approximate surface area is 95.0 Å². The number of aromatic carboxylic acids is 1. The highest BCUT2D eigenvalue weighted by Gasteiger charge is 2.15. The van der Waals surface area contributed by atoms with Crippen molar-refractivity contribution in [2.45, 2.75) is 0 Å². The molecule has 8 heteroatoms. The Bertz CT molecular complexity index is 663. The number of fused-ring (bicyclic) bond motifs is 1. The van der Waals surface area contributed by atoms with Crippen molar-refractivity contribution in [1.82, 2.24) is 19.5 Å². The molecule has 8 nitrogen and oxygen atoms in total.